The van der Waals surface area contributed by atoms with Gasteiger partial charge in [0, 0.05) is 13.1 Å². The molecular weight excluding hydrogens is 285 g/mol. The molecule has 0 radical (unpaired) electrons. The van der Waals surface area contributed by atoms with Gasteiger partial charge < -0.3 is 15.0 Å². The molecule has 7 heteroatoms. The van der Waals surface area contributed by atoms with Gasteiger partial charge in [-0.1, -0.05) is 12.1 Å². The second-order valence-corrected chi connectivity index (χ2v) is 4.42. The number of alkyl halides is 3. The molecular formula is C14H19F3N2O2. The van der Waals surface area contributed by atoms with Crippen LogP contribution in [0.4, 0.5) is 18.9 Å². The van der Waals surface area contributed by atoms with Gasteiger partial charge in [0.25, 0.3) is 0 Å². The van der Waals surface area contributed by atoms with E-state index in [-0.39, 0.29) is 17.3 Å². The maximum absolute atomic E-state index is 12.3. The fourth-order valence-electron chi connectivity index (χ4n) is 1.90. The lowest BCUT2D eigenvalue weighted by Gasteiger charge is -2.24. The third-order valence-corrected chi connectivity index (χ3v) is 2.93. The molecule has 4 nitrogen and oxygen atoms in total. The number of nitrogens with one attached hydrogen (secondary N) is 1. The van der Waals surface area contributed by atoms with Crippen molar-refractivity contribution >= 4 is 11.6 Å². The number of hydrogen-bond acceptors (Lipinski definition) is 3. The lowest BCUT2D eigenvalue weighted by Crippen LogP contribution is -2.41. The molecule has 0 fully saturated rings. The molecule has 0 aliphatic carbocycles. The number of amides is 1. The van der Waals surface area contributed by atoms with Crippen LogP contribution in [0.2, 0.25) is 0 Å². The molecule has 0 bridgehead atoms. The number of nitrogens with zero attached hydrogens (tertiary/aromatic N) is 1. The Hall–Kier alpha value is -1.92. The number of benzene rings is 1. The Morgan fingerprint density at radius 3 is 2.38 bits per heavy atom. The zero-order valence-electron chi connectivity index (χ0n) is 12.2. The number of likely N-dealkylation sites (N-methyl/N-ethyl adjacent to an activating group) is 1. The summed E-state index contributed by atoms with van der Waals surface area (Å²) >= 11 is 0. The summed E-state index contributed by atoms with van der Waals surface area (Å²) in [6.07, 6.45) is -4.77. The van der Waals surface area contributed by atoms with Crippen LogP contribution in [-0.2, 0) is 4.79 Å². The highest BCUT2D eigenvalue weighted by molar-refractivity contribution is 5.84. The van der Waals surface area contributed by atoms with Crippen molar-refractivity contribution in [3.8, 4) is 5.75 Å². The van der Waals surface area contributed by atoms with Gasteiger partial charge in [0.15, 0.2) is 5.75 Å². The smallest absolute Gasteiger partial charge is 0.404 e. The van der Waals surface area contributed by atoms with Crippen molar-refractivity contribution in [1.29, 1.82) is 0 Å². The van der Waals surface area contributed by atoms with Crippen molar-refractivity contribution in [1.82, 2.24) is 4.90 Å². The highest BCUT2D eigenvalue weighted by atomic mass is 19.4. The van der Waals surface area contributed by atoms with Gasteiger partial charge in [0.2, 0.25) is 5.91 Å². The van der Waals surface area contributed by atoms with Gasteiger partial charge in [-0.25, -0.2) is 0 Å². The van der Waals surface area contributed by atoms with E-state index < -0.39 is 12.4 Å². The van der Waals surface area contributed by atoms with Crippen LogP contribution in [0, 0.1) is 0 Å². The van der Waals surface area contributed by atoms with E-state index >= 15 is 0 Å². The van der Waals surface area contributed by atoms with E-state index in [4.69, 9.17) is 0 Å². The van der Waals surface area contributed by atoms with Crippen LogP contribution >= 0.6 is 0 Å². The van der Waals surface area contributed by atoms with E-state index in [1.807, 2.05) is 13.8 Å². The Bertz CT molecular complexity index is 474. The summed E-state index contributed by atoms with van der Waals surface area (Å²) < 4.78 is 40.9. The molecule has 1 aromatic carbocycles. The van der Waals surface area contributed by atoms with E-state index in [0.717, 1.165) is 0 Å². The summed E-state index contributed by atoms with van der Waals surface area (Å²) in [4.78, 5) is 13.7. The Morgan fingerprint density at radius 2 is 1.86 bits per heavy atom. The molecule has 0 aliphatic heterocycles. The summed E-state index contributed by atoms with van der Waals surface area (Å²) in [7, 11) is 0. The molecule has 0 heterocycles. The highest BCUT2D eigenvalue weighted by Gasteiger charge is 2.32. The predicted octanol–water partition coefficient (Wildman–Crippen LogP) is 3.25. The Morgan fingerprint density at radius 1 is 1.29 bits per heavy atom. The highest BCUT2D eigenvalue weighted by Crippen LogP contribution is 2.30. The van der Waals surface area contributed by atoms with Crippen molar-refractivity contribution in [2.45, 2.75) is 33.2 Å². The average molecular weight is 304 g/mol. The molecule has 1 N–H and O–H groups in total. The predicted molar refractivity (Wildman–Crippen MR) is 74.1 cm³/mol. The first-order valence-electron chi connectivity index (χ1n) is 6.68. The van der Waals surface area contributed by atoms with Crippen molar-refractivity contribution in [2.24, 2.45) is 0 Å². The number of carbonyl (C=O) groups is 1. The molecule has 0 saturated carbocycles. The van der Waals surface area contributed by atoms with E-state index in [2.05, 4.69) is 10.1 Å². The summed E-state index contributed by atoms with van der Waals surface area (Å²) in [5.41, 5.74) is 0.128. The third kappa shape index (κ3) is 5.17. The number of carbonyl (C=O) groups excluding carboxylic acids is 1. The van der Waals surface area contributed by atoms with Crippen molar-refractivity contribution in [3.63, 3.8) is 0 Å². The van der Waals surface area contributed by atoms with Gasteiger partial charge in [-0.15, -0.1) is 13.2 Å². The van der Waals surface area contributed by atoms with Crippen molar-refractivity contribution in [2.75, 3.05) is 18.4 Å². The molecule has 1 amide bonds. The van der Waals surface area contributed by atoms with Crippen LogP contribution in [0.3, 0.4) is 0 Å². The van der Waals surface area contributed by atoms with Gasteiger partial charge >= 0.3 is 6.36 Å². The molecule has 0 aromatic heterocycles. The van der Waals surface area contributed by atoms with Gasteiger partial charge in [-0.05, 0) is 32.9 Å². The molecule has 1 aromatic rings. The number of anilines is 1. The van der Waals surface area contributed by atoms with Crippen LogP contribution in [0.1, 0.15) is 20.8 Å². The Labute approximate surface area is 121 Å². The van der Waals surface area contributed by atoms with Gasteiger partial charge in [0.1, 0.15) is 6.04 Å². The Balaban J connectivity index is 2.85. The minimum Gasteiger partial charge on any atom is -0.404 e. The lowest BCUT2D eigenvalue weighted by atomic mass is 10.2. The maximum atomic E-state index is 12.3. The van der Waals surface area contributed by atoms with Gasteiger partial charge in [-0.2, -0.15) is 0 Å². The van der Waals surface area contributed by atoms with Crippen LogP contribution in [0.5, 0.6) is 5.75 Å². The minimum absolute atomic E-state index is 0.128. The van der Waals surface area contributed by atoms with E-state index in [1.165, 1.54) is 18.2 Å². The average Bonchev–Trinajstić information content (AvgIpc) is 2.40. The minimum atomic E-state index is -4.77. The number of ether oxygens (including phenoxy) is 1. The summed E-state index contributed by atoms with van der Waals surface area (Å²) in [5.74, 6) is -0.536. The van der Waals surface area contributed by atoms with Crippen LogP contribution < -0.4 is 10.1 Å². The topological polar surface area (TPSA) is 41.6 Å². The third-order valence-electron chi connectivity index (χ3n) is 2.93. The molecule has 21 heavy (non-hydrogen) atoms. The van der Waals surface area contributed by atoms with Crippen LogP contribution in [0.25, 0.3) is 0 Å². The standard InChI is InChI=1S/C14H19F3N2O2/c1-4-19(5-2)13(20)10(3)18-11-8-6-7-9-12(11)21-14(15,16)17/h6-10,18H,4-5H2,1-3H3. The zero-order chi connectivity index (χ0) is 16.0. The SMILES string of the molecule is CCN(CC)C(=O)C(C)Nc1ccccc1OC(F)(F)F. The fourth-order valence-corrected chi connectivity index (χ4v) is 1.90. The first kappa shape index (κ1) is 17.1. The fraction of sp³-hybridized carbons (Fsp3) is 0.500. The number of halogens is 3. The number of hydrogen-bond donors (Lipinski definition) is 1. The largest absolute Gasteiger partial charge is 0.573 e. The normalized spacial score (nSPS) is 12.7. The summed E-state index contributed by atoms with van der Waals surface area (Å²) in [6.45, 7) is 6.37. The summed E-state index contributed by atoms with van der Waals surface area (Å²) in [6, 6.07) is 4.99. The number of rotatable bonds is 6. The van der Waals surface area contributed by atoms with E-state index in [1.54, 1.807) is 17.9 Å². The van der Waals surface area contributed by atoms with Crippen LogP contribution in [0.15, 0.2) is 24.3 Å². The van der Waals surface area contributed by atoms with Crippen molar-refractivity contribution < 1.29 is 22.7 Å². The molecule has 1 atom stereocenters. The molecule has 118 valence electrons. The van der Waals surface area contributed by atoms with Gasteiger partial charge in [-0.3, -0.25) is 4.79 Å². The molecule has 0 spiro atoms. The first-order valence-corrected chi connectivity index (χ1v) is 6.68. The van der Waals surface area contributed by atoms with Crippen molar-refractivity contribution in [3.05, 3.63) is 24.3 Å². The second-order valence-electron chi connectivity index (χ2n) is 4.42. The van der Waals surface area contributed by atoms with Gasteiger partial charge in [0.05, 0.1) is 5.69 Å². The quantitative estimate of drug-likeness (QED) is 0.877. The molecule has 0 saturated heterocycles. The van der Waals surface area contributed by atoms with E-state index in [9.17, 15) is 18.0 Å². The molecule has 1 unspecified atom stereocenters. The monoisotopic (exact) mass is 304 g/mol. The first-order chi connectivity index (χ1) is 9.78. The second kappa shape index (κ2) is 7.19. The summed E-state index contributed by atoms with van der Waals surface area (Å²) in [5, 5.41) is 2.77. The Kier molecular flexibility index (Phi) is 5.87. The molecule has 1 rings (SSSR count). The zero-order valence-corrected chi connectivity index (χ0v) is 12.2. The maximum Gasteiger partial charge on any atom is 0.573 e. The van der Waals surface area contributed by atoms with E-state index in [0.29, 0.717) is 13.1 Å². The van der Waals surface area contributed by atoms with Crippen LogP contribution in [-0.4, -0.2) is 36.3 Å². The lowest BCUT2D eigenvalue weighted by molar-refractivity contribution is -0.274. The number of para-hydroxylation sites is 2. The molecule has 0 aliphatic rings.